The summed E-state index contributed by atoms with van der Waals surface area (Å²) in [5.41, 5.74) is 1.55. The second-order valence-electron chi connectivity index (χ2n) is 7.77. The molecule has 1 unspecified atom stereocenters. The summed E-state index contributed by atoms with van der Waals surface area (Å²) >= 11 is 1.22. The predicted molar refractivity (Wildman–Crippen MR) is 124 cm³/mol. The van der Waals surface area contributed by atoms with Gasteiger partial charge >= 0.3 is 6.18 Å². The van der Waals surface area contributed by atoms with Gasteiger partial charge in [-0.25, -0.2) is 9.37 Å². The van der Waals surface area contributed by atoms with Crippen LogP contribution < -0.4 is 5.32 Å². The number of alkyl halides is 3. The molecule has 0 saturated carbocycles. The van der Waals surface area contributed by atoms with Gasteiger partial charge < -0.3 is 5.32 Å². The molecule has 3 nitrogen and oxygen atoms in total. The Bertz CT molecular complexity index is 1250. The lowest BCUT2D eigenvalue weighted by atomic mass is 9.88. The Hall–Kier alpha value is -3.52. The van der Waals surface area contributed by atoms with E-state index in [0.717, 1.165) is 28.1 Å². The van der Waals surface area contributed by atoms with Crippen LogP contribution in [0.15, 0.2) is 85.1 Å². The fourth-order valence-electron chi connectivity index (χ4n) is 3.67. The number of nitrogens with zero attached hydrogens (tertiary/aromatic N) is 1. The van der Waals surface area contributed by atoms with Crippen molar-refractivity contribution >= 4 is 22.4 Å². The van der Waals surface area contributed by atoms with Gasteiger partial charge in [0.05, 0.1) is 5.56 Å². The molecule has 34 heavy (non-hydrogen) atoms. The second kappa shape index (κ2) is 10.2. The smallest absolute Gasteiger partial charge is 0.302 e. The molecule has 0 aliphatic heterocycles. The monoisotopic (exact) mass is 484 g/mol. The van der Waals surface area contributed by atoms with Crippen LogP contribution >= 0.6 is 11.3 Å². The van der Waals surface area contributed by atoms with E-state index < -0.39 is 11.7 Å². The van der Waals surface area contributed by atoms with Gasteiger partial charge in [-0.3, -0.25) is 4.79 Å². The summed E-state index contributed by atoms with van der Waals surface area (Å²) in [6.45, 7) is 0. The highest BCUT2D eigenvalue weighted by molar-refractivity contribution is 7.15. The van der Waals surface area contributed by atoms with E-state index >= 15 is 0 Å². The molecular formula is C26H20F4N2OS. The number of amides is 1. The maximum atomic E-state index is 13.4. The number of carbonyl (C=O) groups excluding carboxylic acids is 1. The maximum Gasteiger partial charge on any atom is 0.416 e. The van der Waals surface area contributed by atoms with Gasteiger partial charge in [0.15, 0.2) is 5.13 Å². The van der Waals surface area contributed by atoms with Crippen LogP contribution in [0.2, 0.25) is 0 Å². The van der Waals surface area contributed by atoms with E-state index in [1.807, 2.05) is 30.3 Å². The molecule has 0 spiro atoms. The molecule has 0 aliphatic rings. The van der Waals surface area contributed by atoms with Crippen LogP contribution in [0.5, 0.6) is 0 Å². The Balaban J connectivity index is 1.45. The van der Waals surface area contributed by atoms with E-state index in [-0.39, 0.29) is 30.5 Å². The Kier molecular flexibility index (Phi) is 7.07. The van der Waals surface area contributed by atoms with Crippen LogP contribution in [0, 0.1) is 5.82 Å². The molecule has 0 aliphatic carbocycles. The molecule has 0 saturated heterocycles. The third-order valence-corrected chi connectivity index (χ3v) is 6.21. The number of benzene rings is 3. The van der Waals surface area contributed by atoms with Crippen molar-refractivity contribution in [3.63, 3.8) is 0 Å². The van der Waals surface area contributed by atoms with Gasteiger partial charge in [-0.15, -0.1) is 11.3 Å². The lowest BCUT2D eigenvalue weighted by Gasteiger charge is -2.17. The zero-order valence-corrected chi connectivity index (χ0v) is 18.7. The summed E-state index contributed by atoms with van der Waals surface area (Å²) in [7, 11) is 0. The number of hydrogen-bond donors (Lipinski definition) is 1. The molecule has 1 aromatic heterocycles. The third-order valence-electron chi connectivity index (χ3n) is 5.30. The minimum atomic E-state index is -4.40. The first-order valence-electron chi connectivity index (χ1n) is 10.5. The van der Waals surface area contributed by atoms with Crippen LogP contribution in [-0.2, 0) is 17.4 Å². The molecule has 0 radical (unpaired) electrons. The Morgan fingerprint density at radius 2 is 1.65 bits per heavy atom. The first-order chi connectivity index (χ1) is 16.3. The van der Waals surface area contributed by atoms with Crippen molar-refractivity contribution in [2.24, 2.45) is 0 Å². The quantitative estimate of drug-likeness (QED) is 0.286. The molecule has 174 valence electrons. The molecular weight excluding hydrogens is 464 g/mol. The molecule has 1 heterocycles. The van der Waals surface area contributed by atoms with Crippen LogP contribution in [-0.4, -0.2) is 10.9 Å². The van der Waals surface area contributed by atoms with Gasteiger partial charge in [-0.05, 0) is 34.9 Å². The standard InChI is InChI=1S/C26H20F4N2OS/c27-21-11-9-19(10-12-21)23(18-6-2-1-3-7-18)15-24(33)32-25-31-16-22(34-25)14-17-5-4-8-20(13-17)26(28,29)30/h1-13,16,23H,14-15H2,(H,31,32,33). The van der Waals surface area contributed by atoms with Gasteiger partial charge in [0.25, 0.3) is 0 Å². The average molecular weight is 485 g/mol. The Morgan fingerprint density at radius 1 is 0.941 bits per heavy atom. The molecule has 1 amide bonds. The number of aromatic nitrogens is 1. The highest BCUT2D eigenvalue weighted by Crippen LogP contribution is 2.31. The van der Waals surface area contributed by atoms with Crippen molar-refractivity contribution < 1.29 is 22.4 Å². The van der Waals surface area contributed by atoms with Crippen LogP contribution in [0.1, 0.15) is 39.5 Å². The van der Waals surface area contributed by atoms with Crippen molar-refractivity contribution in [1.29, 1.82) is 0 Å². The van der Waals surface area contributed by atoms with Crippen LogP contribution in [0.25, 0.3) is 0 Å². The molecule has 0 fully saturated rings. The van der Waals surface area contributed by atoms with E-state index in [2.05, 4.69) is 10.3 Å². The summed E-state index contributed by atoms with van der Waals surface area (Å²) in [5, 5.41) is 3.15. The summed E-state index contributed by atoms with van der Waals surface area (Å²) < 4.78 is 52.2. The number of hydrogen-bond acceptors (Lipinski definition) is 3. The van der Waals surface area contributed by atoms with Gasteiger partial charge in [-0.2, -0.15) is 13.2 Å². The van der Waals surface area contributed by atoms with Crippen molar-refractivity contribution in [1.82, 2.24) is 4.98 Å². The first-order valence-corrected chi connectivity index (χ1v) is 11.3. The van der Waals surface area contributed by atoms with Crippen molar-refractivity contribution in [2.45, 2.75) is 24.9 Å². The first kappa shape index (κ1) is 23.6. The molecule has 1 atom stereocenters. The molecule has 4 rings (SSSR count). The Labute approximate surface area is 198 Å². The lowest BCUT2D eigenvalue weighted by molar-refractivity contribution is -0.137. The predicted octanol–water partition coefficient (Wildman–Crippen LogP) is 7.05. The zero-order chi connectivity index (χ0) is 24.1. The third kappa shape index (κ3) is 6.08. The van der Waals surface area contributed by atoms with Crippen LogP contribution in [0.4, 0.5) is 22.7 Å². The second-order valence-corrected chi connectivity index (χ2v) is 8.89. The van der Waals surface area contributed by atoms with E-state index in [4.69, 9.17) is 0 Å². The minimum Gasteiger partial charge on any atom is -0.302 e. The van der Waals surface area contributed by atoms with Crippen molar-refractivity contribution in [3.8, 4) is 0 Å². The molecule has 3 aromatic carbocycles. The molecule has 8 heteroatoms. The number of carbonyl (C=O) groups is 1. The normalized spacial score (nSPS) is 12.4. The SMILES string of the molecule is O=C(CC(c1ccccc1)c1ccc(F)cc1)Nc1ncc(Cc2cccc(C(F)(F)F)c2)s1. The highest BCUT2D eigenvalue weighted by Gasteiger charge is 2.30. The summed E-state index contributed by atoms with van der Waals surface area (Å²) in [6, 6.07) is 20.7. The van der Waals surface area contributed by atoms with E-state index in [9.17, 15) is 22.4 Å². The van der Waals surface area contributed by atoms with Gasteiger partial charge in [0.2, 0.25) is 5.91 Å². The minimum absolute atomic E-state index is 0.123. The van der Waals surface area contributed by atoms with Crippen molar-refractivity contribution in [3.05, 3.63) is 118 Å². The van der Waals surface area contributed by atoms with E-state index in [0.29, 0.717) is 10.7 Å². The molecule has 1 N–H and O–H groups in total. The van der Waals surface area contributed by atoms with Crippen LogP contribution in [0.3, 0.4) is 0 Å². The summed E-state index contributed by atoms with van der Waals surface area (Å²) in [5.74, 6) is -0.888. The number of rotatable bonds is 7. The number of halogens is 4. The van der Waals surface area contributed by atoms with Gasteiger partial charge in [0.1, 0.15) is 5.82 Å². The number of thiazole rings is 1. The largest absolute Gasteiger partial charge is 0.416 e. The zero-order valence-electron chi connectivity index (χ0n) is 17.9. The fourth-order valence-corrected chi connectivity index (χ4v) is 4.53. The van der Waals surface area contributed by atoms with Crippen molar-refractivity contribution in [2.75, 3.05) is 5.32 Å². The average Bonchev–Trinajstić information content (AvgIpc) is 3.25. The number of anilines is 1. The topological polar surface area (TPSA) is 42.0 Å². The summed E-state index contributed by atoms with van der Waals surface area (Å²) in [6.07, 6.45) is -2.45. The molecule has 0 bridgehead atoms. The molecule has 4 aromatic rings. The van der Waals surface area contributed by atoms with E-state index in [1.165, 1.54) is 29.5 Å². The fraction of sp³-hybridized carbons (Fsp3) is 0.154. The lowest BCUT2D eigenvalue weighted by Crippen LogP contribution is -2.16. The van der Waals surface area contributed by atoms with E-state index in [1.54, 1.807) is 24.4 Å². The maximum absolute atomic E-state index is 13.4. The highest BCUT2D eigenvalue weighted by atomic mass is 32.1. The summed E-state index contributed by atoms with van der Waals surface area (Å²) in [4.78, 5) is 17.7. The van der Waals surface area contributed by atoms with Gasteiger partial charge in [-0.1, -0.05) is 60.7 Å². The number of nitrogens with one attached hydrogen (secondary N) is 1. The Morgan fingerprint density at radius 3 is 2.35 bits per heavy atom. The van der Waals surface area contributed by atoms with Gasteiger partial charge in [0, 0.05) is 29.8 Å².